The minimum atomic E-state index is -0.303. The van der Waals surface area contributed by atoms with Crippen LogP contribution in [0.2, 0.25) is 0 Å². The van der Waals surface area contributed by atoms with Crippen LogP contribution in [0.3, 0.4) is 0 Å². The minimum absolute atomic E-state index is 0.120. The zero-order valence-electron chi connectivity index (χ0n) is 10.9. The number of hydrogen-bond donors (Lipinski definition) is 2. The number of aromatic nitrogens is 2. The standard InChI is InChI=1S/C14H12N4O2S/c15-17-9-5-6-16-10(7-9)8-18-13(19)11-3-1-2-4-12(11)21-14(18)20/h1-7H,8,15H2,(H,16,17). The molecule has 21 heavy (non-hydrogen) atoms. The van der Waals surface area contributed by atoms with Crippen molar-refractivity contribution in [3.05, 3.63) is 68.3 Å². The molecule has 0 atom stereocenters. The second-order valence-electron chi connectivity index (χ2n) is 4.44. The predicted octanol–water partition coefficient (Wildman–Crippen LogP) is 1.15. The van der Waals surface area contributed by atoms with E-state index in [9.17, 15) is 9.59 Å². The molecule has 0 aliphatic heterocycles. The van der Waals surface area contributed by atoms with Gasteiger partial charge in [-0.3, -0.25) is 25.0 Å². The van der Waals surface area contributed by atoms with Gasteiger partial charge in [-0.15, -0.1) is 0 Å². The number of rotatable bonds is 3. The highest BCUT2D eigenvalue weighted by Gasteiger charge is 2.09. The van der Waals surface area contributed by atoms with Gasteiger partial charge in [-0.1, -0.05) is 23.5 Å². The average molecular weight is 300 g/mol. The molecule has 2 aromatic heterocycles. The molecule has 0 saturated carbocycles. The van der Waals surface area contributed by atoms with Gasteiger partial charge in [0.05, 0.1) is 23.3 Å². The monoisotopic (exact) mass is 300 g/mol. The third kappa shape index (κ3) is 2.56. The van der Waals surface area contributed by atoms with Gasteiger partial charge in [0, 0.05) is 10.9 Å². The lowest BCUT2D eigenvalue weighted by Crippen LogP contribution is -2.31. The minimum Gasteiger partial charge on any atom is -0.324 e. The fourth-order valence-electron chi connectivity index (χ4n) is 2.06. The Labute approximate surface area is 123 Å². The van der Waals surface area contributed by atoms with Crippen LogP contribution < -0.4 is 21.7 Å². The molecule has 0 unspecified atom stereocenters. The van der Waals surface area contributed by atoms with Crippen molar-refractivity contribution in [3.8, 4) is 0 Å². The number of nitrogen functional groups attached to an aromatic ring is 1. The zero-order chi connectivity index (χ0) is 14.8. The lowest BCUT2D eigenvalue weighted by Gasteiger charge is -2.06. The molecule has 0 amide bonds. The summed E-state index contributed by atoms with van der Waals surface area (Å²) >= 11 is 1.05. The maximum Gasteiger partial charge on any atom is 0.310 e. The number of pyridine rings is 1. The Morgan fingerprint density at radius 1 is 1.24 bits per heavy atom. The van der Waals surface area contributed by atoms with E-state index in [0.717, 1.165) is 11.3 Å². The molecule has 7 heteroatoms. The van der Waals surface area contributed by atoms with Crippen molar-refractivity contribution in [3.63, 3.8) is 0 Å². The number of anilines is 1. The molecule has 0 radical (unpaired) electrons. The van der Waals surface area contributed by atoms with Crippen LogP contribution in [0.15, 0.2) is 52.2 Å². The summed E-state index contributed by atoms with van der Waals surface area (Å²) in [7, 11) is 0. The van der Waals surface area contributed by atoms with Gasteiger partial charge in [0.15, 0.2) is 0 Å². The maximum atomic E-state index is 12.4. The van der Waals surface area contributed by atoms with E-state index >= 15 is 0 Å². The molecule has 0 saturated heterocycles. The number of nitrogens with one attached hydrogen (secondary N) is 1. The number of hydrogen-bond acceptors (Lipinski definition) is 6. The van der Waals surface area contributed by atoms with Crippen LogP contribution in [0, 0.1) is 0 Å². The van der Waals surface area contributed by atoms with Gasteiger partial charge >= 0.3 is 4.87 Å². The SMILES string of the molecule is NNc1ccnc(Cn2c(=O)sc3ccccc3c2=O)c1. The Bertz CT molecular complexity index is 916. The molecule has 106 valence electrons. The van der Waals surface area contributed by atoms with Crippen molar-refractivity contribution >= 4 is 27.1 Å². The van der Waals surface area contributed by atoms with Gasteiger partial charge in [0.2, 0.25) is 0 Å². The summed E-state index contributed by atoms with van der Waals surface area (Å²) in [6.45, 7) is 0.120. The van der Waals surface area contributed by atoms with E-state index in [1.807, 2.05) is 0 Å². The molecule has 1 aromatic carbocycles. The van der Waals surface area contributed by atoms with Crippen LogP contribution in [0.4, 0.5) is 5.69 Å². The van der Waals surface area contributed by atoms with E-state index in [2.05, 4.69) is 10.4 Å². The molecule has 0 spiro atoms. The second kappa shape index (κ2) is 5.47. The van der Waals surface area contributed by atoms with E-state index in [1.54, 1.807) is 42.6 Å². The van der Waals surface area contributed by atoms with Gasteiger partial charge in [0.1, 0.15) is 0 Å². The molecule has 3 rings (SSSR count). The van der Waals surface area contributed by atoms with Crippen LogP contribution in [-0.2, 0) is 6.54 Å². The number of benzene rings is 1. The first-order valence-corrected chi connectivity index (χ1v) is 7.05. The van der Waals surface area contributed by atoms with Crippen molar-refractivity contribution in [2.45, 2.75) is 6.54 Å². The number of hydrazine groups is 1. The Hall–Kier alpha value is -2.51. The first kappa shape index (κ1) is 13.5. The molecule has 6 nitrogen and oxygen atoms in total. The van der Waals surface area contributed by atoms with Crippen molar-refractivity contribution < 1.29 is 0 Å². The summed E-state index contributed by atoms with van der Waals surface area (Å²) in [6.07, 6.45) is 1.57. The molecule has 3 aromatic rings. The lowest BCUT2D eigenvalue weighted by molar-refractivity contribution is 0.733. The van der Waals surface area contributed by atoms with Gasteiger partial charge in [-0.05, 0) is 24.3 Å². The fourth-order valence-corrected chi connectivity index (χ4v) is 2.92. The summed E-state index contributed by atoms with van der Waals surface area (Å²) in [4.78, 5) is 28.4. The van der Waals surface area contributed by atoms with Crippen LogP contribution in [0.1, 0.15) is 5.69 Å². The second-order valence-corrected chi connectivity index (χ2v) is 5.43. The van der Waals surface area contributed by atoms with Crippen molar-refractivity contribution in [2.24, 2.45) is 5.84 Å². The fraction of sp³-hybridized carbons (Fsp3) is 0.0714. The molecular weight excluding hydrogens is 288 g/mol. The van der Waals surface area contributed by atoms with Crippen molar-refractivity contribution in [1.82, 2.24) is 9.55 Å². The maximum absolute atomic E-state index is 12.4. The van der Waals surface area contributed by atoms with Crippen molar-refractivity contribution in [1.29, 1.82) is 0 Å². The molecule has 0 aliphatic rings. The average Bonchev–Trinajstić information content (AvgIpc) is 2.51. The molecule has 0 aliphatic carbocycles. The highest BCUT2D eigenvalue weighted by atomic mass is 32.1. The normalized spacial score (nSPS) is 10.7. The summed E-state index contributed by atoms with van der Waals surface area (Å²) in [5.41, 5.74) is 3.47. The summed E-state index contributed by atoms with van der Waals surface area (Å²) in [5.74, 6) is 5.34. The summed E-state index contributed by atoms with van der Waals surface area (Å²) in [6, 6.07) is 10.5. The van der Waals surface area contributed by atoms with E-state index in [-0.39, 0.29) is 17.0 Å². The zero-order valence-corrected chi connectivity index (χ0v) is 11.8. The van der Waals surface area contributed by atoms with E-state index in [0.29, 0.717) is 21.5 Å². The van der Waals surface area contributed by atoms with Gasteiger partial charge in [-0.25, -0.2) is 0 Å². The Kier molecular flexibility index (Phi) is 3.51. The molecule has 0 bridgehead atoms. The van der Waals surface area contributed by atoms with Crippen LogP contribution in [0.25, 0.3) is 10.1 Å². The van der Waals surface area contributed by atoms with Crippen LogP contribution >= 0.6 is 11.3 Å². The van der Waals surface area contributed by atoms with Crippen LogP contribution in [0.5, 0.6) is 0 Å². The highest BCUT2D eigenvalue weighted by Crippen LogP contribution is 2.12. The van der Waals surface area contributed by atoms with E-state index < -0.39 is 0 Å². The number of nitrogens with two attached hydrogens (primary N) is 1. The third-order valence-corrected chi connectivity index (χ3v) is 4.05. The topological polar surface area (TPSA) is 90.0 Å². The summed E-state index contributed by atoms with van der Waals surface area (Å²) in [5, 5.41) is 0.537. The Morgan fingerprint density at radius 2 is 2.05 bits per heavy atom. The molecule has 3 N–H and O–H groups in total. The van der Waals surface area contributed by atoms with E-state index in [4.69, 9.17) is 5.84 Å². The number of nitrogens with zero attached hydrogens (tertiary/aromatic N) is 2. The molecule has 0 fully saturated rings. The predicted molar refractivity (Wildman–Crippen MR) is 83.5 cm³/mol. The van der Waals surface area contributed by atoms with E-state index in [1.165, 1.54) is 4.57 Å². The first-order chi connectivity index (χ1) is 10.2. The third-order valence-electron chi connectivity index (χ3n) is 3.08. The van der Waals surface area contributed by atoms with Crippen molar-refractivity contribution in [2.75, 3.05) is 5.43 Å². The Balaban J connectivity index is 2.12. The smallest absolute Gasteiger partial charge is 0.310 e. The first-order valence-electron chi connectivity index (χ1n) is 6.23. The largest absolute Gasteiger partial charge is 0.324 e. The summed E-state index contributed by atoms with van der Waals surface area (Å²) < 4.78 is 1.88. The molecule has 2 heterocycles. The quantitative estimate of drug-likeness (QED) is 0.559. The molecular formula is C14H12N4O2S. The van der Waals surface area contributed by atoms with Gasteiger partial charge < -0.3 is 5.43 Å². The Morgan fingerprint density at radius 3 is 2.86 bits per heavy atom. The lowest BCUT2D eigenvalue weighted by atomic mass is 10.3. The van der Waals surface area contributed by atoms with Crippen LogP contribution in [-0.4, -0.2) is 9.55 Å². The highest BCUT2D eigenvalue weighted by molar-refractivity contribution is 7.16. The van der Waals surface area contributed by atoms with Gasteiger partial charge in [0.25, 0.3) is 5.56 Å². The number of fused-ring (bicyclic) bond motifs is 1. The van der Waals surface area contributed by atoms with Gasteiger partial charge in [-0.2, -0.15) is 0 Å².